The third kappa shape index (κ3) is 6.49. The van der Waals surface area contributed by atoms with E-state index < -0.39 is 71.4 Å². The highest BCUT2D eigenvalue weighted by atomic mass is 19.4. The van der Waals surface area contributed by atoms with Crippen LogP contribution in [-0.4, -0.2) is 30.5 Å². The van der Waals surface area contributed by atoms with Crippen molar-refractivity contribution in [3.63, 3.8) is 0 Å². The Morgan fingerprint density at radius 2 is 1.49 bits per heavy atom. The van der Waals surface area contributed by atoms with Crippen molar-refractivity contribution in [2.24, 2.45) is 0 Å². The lowest BCUT2D eigenvalue weighted by atomic mass is 9.79. The highest BCUT2D eigenvalue weighted by Crippen LogP contribution is 2.37. The van der Waals surface area contributed by atoms with Gasteiger partial charge in [-0.05, 0) is 63.9 Å². The highest BCUT2D eigenvalue weighted by molar-refractivity contribution is 6.62. The molecule has 1 heterocycles. The maximum atomic E-state index is 14.6. The first-order valence-corrected chi connectivity index (χ1v) is 10.9. The summed E-state index contributed by atoms with van der Waals surface area (Å²) >= 11 is 0. The molecule has 1 fully saturated rings. The topological polar surface area (TPSA) is 59.6 Å². The molecule has 1 aliphatic heterocycles. The van der Waals surface area contributed by atoms with E-state index in [1.807, 2.05) is 24.5 Å². The molecule has 0 aromatic heterocycles. The summed E-state index contributed by atoms with van der Waals surface area (Å²) in [6, 6.07) is 0.461. The molecule has 0 saturated carbocycles. The Morgan fingerprint density at radius 1 is 0.971 bits per heavy atom. The number of carbonyl (C=O) groups is 1. The number of anilines is 1. The van der Waals surface area contributed by atoms with E-state index in [4.69, 9.17) is 9.31 Å². The van der Waals surface area contributed by atoms with Crippen LogP contribution in [0.25, 0.3) is 0 Å². The monoisotopic (exact) mass is 504 g/mol. The first kappa shape index (κ1) is 28.5. The average molecular weight is 504 g/mol. The lowest BCUT2D eigenvalue weighted by molar-refractivity contribution is -0.0929. The Bertz CT molecular complexity index is 1020. The maximum Gasteiger partial charge on any atom is 0.495 e. The number of urea groups is 1. The van der Waals surface area contributed by atoms with Gasteiger partial charge >= 0.3 is 19.3 Å². The maximum absolute atomic E-state index is 14.6. The van der Waals surface area contributed by atoms with Gasteiger partial charge in [0.1, 0.15) is 23.1 Å². The fourth-order valence-corrected chi connectivity index (χ4v) is 3.07. The zero-order chi connectivity index (χ0) is 26.8. The van der Waals surface area contributed by atoms with E-state index >= 15 is 0 Å². The fourth-order valence-electron chi connectivity index (χ4n) is 3.07. The van der Waals surface area contributed by atoms with E-state index in [0.29, 0.717) is 6.08 Å². The summed E-state index contributed by atoms with van der Waals surface area (Å²) in [5, 5.41) is 3.70. The molecule has 0 atom stereocenters. The molecule has 0 unspecified atom stereocenters. The molecule has 2 amide bonds. The van der Waals surface area contributed by atoms with Crippen LogP contribution in [0, 0.1) is 11.6 Å². The third-order valence-corrected chi connectivity index (χ3v) is 5.62. The van der Waals surface area contributed by atoms with Crippen LogP contribution < -0.4 is 16.1 Å². The number of rotatable bonds is 3. The molecule has 0 radical (unpaired) electrons. The summed E-state index contributed by atoms with van der Waals surface area (Å²) in [6.07, 6.45) is -3.24. The first-order chi connectivity index (χ1) is 16.1. The van der Waals surface area contributed by atoms with Crippen molar-refractivity contribution in [3.05, 3.63) is 59.1 Å². The van der Waals surface area contributed by atoms with Gasteiger partial charge in [-0.15, -0.1) is 0 Å². The molecule has 3 rings (SSSR count). The van der Waals surface area contributed by atoms with Crippen molar-refractivity contribution in [3.8, 4) is 0 Å². The zero-order valence-electron chi connectivity index (χ0n) is 20.2. The number of alkyl halides is 3. The minimum Gasteiger partial charge on any atom is -0.399 e. The van der Waals surface area contributed by atoms with E-state index in [0.717, 1.165) is 24.3 Å². The summed E-state index contributed by atoms with van der Waals surface area (Å²) in [5.41, 5.74) is -4.27. The normalized spacial score (nSPS) is 19.0. The average Bonchev–Trinajstić information content (AvgIpc) is 2.85. The number of amides is 2. The van der Waals surface area contributed by atoms with E-state index in [2.05, 4.69) is 0 Å². The minimum absolute atomic E-state index is 0.0232. The van der Waals surface area contributed by atoms with Gasteiger partial charge in [-0.25, -0.2) is 18.0 Å². The third-order valence-electron chi connectivity index (χ3n) is 5.62. The largest absolute Gasteiger partial charge is 0.495 e. The number of nitrogens with one attached hydrogen (secondary N) is 2. The summed E-state index contributed by atoms with van der Waals surface area (Å²) in [5.74, 6) is -3.52. The van der Waals surface area contributed by atoms with E-state index in [-0.39, 0.29) is 5.46 Å². The van der Waals surface area contributed by atoms with Crippen molar-refractivity contribution in [2.45, 2.75) is 65.3 Å². The predicted molar refractivity (Wildman–Crippen MR) is 122 cm³/mol. The molecule has 2 aliphatic rings. The molecular weight excluding hydrogens is 477 g/mol. The summed E-state index contributed by atoms with van der Waals surface area (Å²) in [7, 11) is -1.06. The number of benzene rings is 1. The Kier molecular flexibility index (Phi) is 8.55. The van der Waals surface area contributed by atoms with Gasteiger partial charge in [0.2, 0.25) is 0 Å². The molecule has 1 saturated heterocycles. The molecule has 35 heavy (non-hydrogen) atoms. The standard InChI is InChI=1S/C21H21BF6N2O3.C2H6/c1-19(2)20(3,4)33-22(32-19)12-9-14(24)17(15(25)10-12)30-18(31)29-16-8-11(21(26,27)28)6-5-7-13(16)23;1-2/h5,7-10H,6H2,1-4H3,(H2,29,30,31);1-2H3. The van der Waals surface area contributed by atoms with Gasteiger partial charge in [0.05, 0.1) is 16.9 Å². The Morgan fingerprint density at radius 3 is 1.97 bits per heavy atom. The summed E-state index contributed by atoms with van der Waals surface area (Å²) < 4.78 is 93.6. The molecule has 192 valence electrons. The molecule has 0 bridgehead atoms. The van der Waals surface area contributed by atoms with Crippen LogP contribution >= 0.6 is 0 Å². The van der Waals surface area contributed by atoms with Crippen molar-refractivity contribution in [1.29, 1.82) is 0 Å². The number of allylic oxidation sites excluding steroid dienone is 5. The predicted octanol–water partition coefficient (Wildman–Crippen LogP) is 6.04. The van der Waals surface area contributed by atoms with Crippen LogP contribution in [0.5, 0.6) is 0 Å². The molecular formula is C23H27BF6N2O3. The van der Waals surface area contributed by atoms with Gasteiger partial charge in [0.25, 0.3) is 0 Å². The van der Waals surface area contributed by atoms with Crippen LogP contribution in [-0.2, 0) is 9.31 Å². The van der Waals surface area contributed by atoms with Gasteiger partial charge in [-0.2, -0.15) is 13.2 Å². The van der Waals surface area contributed by atoms with Gasteiger partial charge < -0.3 is 19.9 Å². The first-order valence-electron chi connectivity index (χ1n) is 10.9. The van der Waals surface area contributed by atoms with E-state index in [1.54, 1.807) is 27.7 Å². The number of hydrogen-bond donors (Lipinski definition) is 2. The van der Waals surface area contributed by atoms with Gasteiger partial charge in [-0.1, -0.05) is 19.9 Å². The molecule has 0 spiro atoms. The lowest BCUT2D eigenvalue weighted by Crippen LogP contribution is -2.41. The van der Waals surface area contributed by atoms with Crippen LogP contribution in [0.1, 0.15) is 48.0 Å². The van der Waals surface area contributed by atoms with Crippen molar-refractivity contribution in [2.75, 3.05) is 5.32 Å². The number of hydrogen-bond acceptors (Lipinski definition) is 3. The second-order valence-corrected chi connectivity index (χ2v) is 8.56. The fraction of sp³-hybridized carbons (Fsp3) is 0.435. The molecule has 1 aliphatic carbocycles. The minimum atomic E-state index is -4.75. The van der Waals surface area contributed by atoms with E-state index in [9.17, 15) is 31.1 Å². The van der Waals surface area contributed by atoms with Crippen molar-refractivity contribution in [1.82, 2.24) is 5.32 Å². The number of carbonyl (C=O) groups excluding carboxylic acids is 1. The summed E-state index contributed by atoms with van der Waals surface area (Å²) in [4.78, 5) is 12.2. The Balaban J connectivity index is 0.00000210. The molecule has 12 heteroatoms. The van der Waals surface area contributed by atoms with Crippen LogP contribution in [0.2, 0.25) is 0 Å². The van der Waals surface area contributed by atoms with Crippen molar-refractivity contribution < 1.29 is 40.4 Å². The molecule has 2 N–H and O–H groups in total. The zero-order valence-corrected chi connectivity index (χ0v) is 20.2. The van der Waals surface area contributed by atoms with Gasteiger partial charge in [0, 0.05) is 5.57 Å². The van der Waals surface area contributed by atoms with Crippen LogP contribution in [0.15, 0.2) is 47.5 Å². The van der Waals surface area contributed by atoms with Gasteiger partial charge in [0.15, 0.2) is 0 Å². The van der Waals surface area contributed by atoms with Crippen LogP contribution in [0.3, 0.4) is 0 Å². The highest BCUT2D eigenvalue weighted by Gasteiger charge is 2.52. The van der Waals surface area contributed by atoms with Gasteiger partial charge in [-0.3, -0.25) is 0 Å². The lowest BCUT2D eigenvalue weighted by Gasteiger charge is -2.32. The molecule has 1 aromatic carbocycles. The number of halogens is 6. The Labute approximate surface area is 200 Å². The summed E-state index contributed by atoms with van der Waals surface area (Å²) in [6.45, 7) is 11.0. The Hall–Kier alpha value is -2.73. The van der Waals surface area contributed by atoms with Crippen molar-refractivity contribution >= 4 is 24.3 Å². The van der Waals surface area contributed by atoms with Crippen LogP contribution in [0.4, 0.5) is 36.8 Å². The SMILES string of the molecule is CC.CC1(C)OB(c2cc(F)c(NC(=O)NC3=C(F)C=CCC(C(F)(F)F)=C3)c(F)c2)OC1(C)C. The smallest absolute Gasteiger partial charge is 0.399 e. The molecule has 1 aromatic rings. The van der Waals surface area contributed by atoms with E-state index in [1.165, 1.54) is 0 Å². The molecule has 5 nitrogen and oxygen atoms in total. The second-order valence-electron chi connectivity index (χ2n) is 8.56. The quantitative estimate of drug-likeness (QED) is 0.390. The second kappa shape index (κ2) is 10.5.